The molecular weight excluding hydrogens is 875 g/mol. The van der Waals surface area contributed by atoms with E-state index in [1.54, 1.807) is 0 Å². The number of hydrogen-bond acceptors (Lipinski definition) is 5. The molecular formula is C67H45N5. The number of rotatable bonds is 11. The smallest absolute Gasteiger partial charge is 0.164 e. The Morgan fingerprint density at radius 3 is 0.806 bits per heavy atom. The molecule has 0 saturated heterocycles. The van der Waals surface area contributed by atoms with Gasteiger partial charge in [0.2, 0.25) is 0 Å². The largest absolute Gasteiger partial charge is 0.228 e. The zero-order valence-corrected chi connectivity index (χ0v) is 39.2. The minimum Gasteiger partial charge on any atom is -0.228 e. The first-order valence-electron chi connectivity index (χ1n) is 24.1. The lowest BCUT2D eigenvalue weighted by molar-refractivity contribution is 1.07. The number of benzene rings is 10. The van der Waals surface area contributed by atoms with Crippen LogP contribution in [0.15, 0.2) is 273 Å². The molecule has 2 aromatic heterocycles. The summed E-state index contributed by atoms with van der Waals surface area (Å²) in [6.07, 6.45) is 0. The molecule has 0 aliphatic carbocycles. The third-order valence-electron chi connectivity index (χ3n) is 12.9. The molecule has 0 unspecified atom stereocenters. The zero-order chi connectivity index (χ0) is 48.1. The van der Waals surface area contributed by atoms with Crippen LogP contribution in [0.4, 0.5) is 0 Å². The van der Waals surface area contributed by atoms with Gasteiger partial charge in [0, 0.05) is 33.4 Å². The van der Waals surface area contributed by atoms with E-state index in [1.165, 1.54) is 0 Å². The maximum absolute atomic E-state index is 5.35. The summed E-state index contributed by atoms with van der Waals surface area (Å²) in [4.78, 5) is 25.5. The van der Waals surface area contributed by atoms with Crippen molar-refractivity contribution in [1.82, 2.24) is 24.9 Å². The second kappa shape index (κ2) is 19.7. The van der Waals surface area contributed by atoms with Crippen LogP contribution in [-0.4, -0.2) is 24.9 Å². The highest BCUT2D eigenvalue weighted by Crippen LogP contribution is 2.38. The van der Waals surface area contributed by atoms with Crippen molar-refractivity contribution in [3.8, 4) is 124 Å². The molecule has 10 aromatic carbocycles. The number of hydrogen-bond donors (Lipinski definition) is 0. The molecule has 0 amide bonds. The molecule has 5 heteroatoms. The average molecular weight is 920 g/mol. The molecule has 0 spiro atoms. The number of nitrogens with zero attached hydrogens (tertiary/aromatic N) is 5. The lowest BCUT2D eigenvalue weighted by Crippen LogP contribution is -2.00. The quantitative estimate of drug-likeness (QED) is 0.129. The zero-order valence-electron chi connectivity index (χ0n) is 39.2. The standard InChI is InChI=1S/C67H45N5/c1-6-20-46(21-7-1)51-30-18-36-57(40-51)66-68-62(48-24-10-3-11-25-48)45-63(69-66)61-43-59(47-22-8-2-9-23-47)42-60(44-61)56-35-17-33-54(39-56)52-31-16-32-53(38-52)55-34-19-37-58(41-55)67-71-64(49-26-12-4-13-27-49)70-65(72-67)50-28-14-5-15-29-50/h1-45H. The molecule has 0 fully saturated rings. The first kappa shape index (κ1) is 43.6. The van der Waals surface area contributed by atoms with Crippen LogP contribution in [0.1, 0.15) is 0 Å². The van der Waals surface area contributed by atoms with Gasteiger partial charge in [-0.3, -0.25) is 0 Å². The molecule has 5 nitrogen and oxygen atoms in total. The highest BCUT2D eigenvalue weighted by Gasteiger charge is 2.17. The van der Waals surface area contributed by atoms with E-state index in [9.17, 15) is 0 Å². The summed E-state index contributed by atoms with van der Waals surface area (Å²) in [5.74, 6) is 2.57. The molecule has 0 aliphatic rings. The van der Waals surface area contributed by atoms with Crippen molar-refractivity contribution in [2.45, 2.75) is 0 Å². The summed E-state index contributed by atoms with van der Waals surface area (Å²) >= 11 is 0. The van der Waals surface area contributed by atoms with E-state index in [4.69, 9.17) is 24.9 Å². The molecule has 0 atom stereocenters. The molecule has 0 saturated carbocycles. The fraction of sp³-hybridized carbons (Fsp3) is 0. The van der Waals surface area contributed by atoms with E-state index >= 15 is 0 Å². The second-order valence-corrected chi connectivity index (χ2v) is 17.7. The average Bonchev–Trinajstić information content (AvgIpc) is 3.48. The van der Waals surface area contributed by atoms with Crippen molar-refractivity contribution in [3.63, 3.8) is 0 Å². The highest BCUT2D eigenvalue weighted by atomic mass is 15.0. The van der Waals surface area contributed by atoms with Crippen LogP contribution < -0.4 is 0 Å². The third-order valence-corrected chi connectivity index (χ3v) is 12.9. The van der Waals surface area contributed by atoms with Gasteiger partial charge in [0.25, 0.3) is 0 Å². The molecule has 12 rings (SSSR count). The fourth-order valence-electron chi connectivity index (χ4n) is 9.22. The molecule has 338 valence electrons. The maximum atomic E-state index is 5.35. The topological polar surface area (TPSA) is 64.5 Å². The van der Waals surface area contributed by atoms with Gasteiger partial charge < -0.3 is 0 Å². The first-order chi connectivity index (χ1) is 35.6. The van der Waals surface area contributed by atoms with Crippen molar-refractivity contribution in [3.05, 3.63) is 273 Å². The van der Waals surface area contributed by atoms with E-state index in [0.29, 0.717) is 23.3 Å². The Hall–Kier alpha value is -9.71. The van der Waals surface area contributed by atoms with E-state index in [-0.39, 0.29) is 0 Å². The molecule has 0 aliphatic heterocycles. The maximum Gasteiger partial charge on any atom is 0.164 e. The van der Waals surface area contributed by atoms with Crippen molar-refractivity contribution in [1.29, 1.82) is 0 Å². The van der Waals surface area contributed by atoms with E-state index in [0.717, 1.165) is 100 Å². The Bertz CT molecular complexity index is 3780. The van der Waals surface area contributed by atoms with Gasteiger partial charge in [-0.1, -0.05) is 224 Å². The molecule has 0 N–H and O–H groups in total. The van der Waals surface area contributed by atoms with Crippen LogP contribution in [-0.2, 0) is 0 Å². The Morgan fingerprint density at radius 2 is 0.375 bits per heavy atom. The summed E-state index contributed by atoms with van der Waals surface area (Å²) in [6.45, 7) is 0. The lowest BCUT2D eigenvalue weighted by Gasteiger charge is -2.14. The number of aromatic nitrogens is 5. The van der Waals surface area contributed by atoms with Crippen molar-refractivity contribution in [2.75, 3.05) is 0 Å². The van der Waals surface area contributed by atoms with Gasteiger partial charge in [-0.25, -0.2) is 24.9 Å². The van der Waals surface area contributed by atoms with Crippen LogP contribution in [0.25, 0.3) is 124 Å². The normalized spacial score (nSPS) is 11.1. The summed E-state index contributed by atoms with van der Waals surface area (Å²) < 4.78 is 0. The highest BCUT2D eigenvalue weighted by molar-refractivity contribution is 5.85. The monoisotopic (exact) mass is 919 g/mol. The molecule has 72 heavy (non-hydrogen) atoms. The first-order valence-corrected chi connectivity index (χ1v) is 24.1. The van der Waals surface area contributed by atoms with Gasteiger partial charge in [-0.15, -0.1) is 0 Å². The van der Waals surface area contributed by atoms with Crippen molar-refractivity contribution < 1.29 is 0 Å². The van der Waals surface area contributed by atoms with Gasteiger partial charge in [0.15, 0.2) is 23.3 Å². The summed E-state index contributed by atoms with van der Waals surface area (Å²) in [7, 11) is 0. The van der Waals surface area contributed by atoms with Crippen LogP contribution >= 0.6 is 0 Å². The van der Waals surface area contributed by atoms with Crippen LogP contribution in [0.2, 0.25) is 0 Å². The Kier molecular flexibility index (Phi) is 11.9. The summed E-state index contributed by atoms with van der Waals surface area (Å²) in [5.41, 5.74) is 18.6. The Balaban J connectivity index is 0.924. The predicted molar refractivity (Wildman–Crippen MR) is 295 cm³/mol. The van der Waals surface area contributed by atoms with Gasteiger partial charge in [0.1, 0.15) is 0 Å². The minimum atomic E-state index is 0.622. The molecule has 12 aromatic rings. The lowest BCUT2D eigenvalue weighted by atomic mass is 9.92. The van der Waals surface area contributed by atoms with Crippen LogP contribution in [0.5, 0.6) is 0 Å². The van der Waals surface area contributed by atoms with Crippen molar-refractivity contribution in [2.24, 2.45) is 0 Å². The SMILES string of the molecule is c1ccc(-c2cc(-c3cccc(-c4cccc(-c5cccc(-c6nc(-c7ccccc7)nc(-c7ccccc7)n6)c5)c4)c3)cc(-c3cc(-c4ccccc4)nc(-c4cccc(-c5ccccc5)c4)n3)c2)cc1. The fourth-order valence-corrected chi connectivity index (χ4v) is 9.22. The van der Waals surface area contributed by atoms with Crippen LogP contribution in [0, 0.1) is 0 Å². The van der Waals surface area contributed by atoms with Crippen molar-refractivity contribution >= 4 is 0 Å². The second-order valence-electron chi connectivity index (χ2n) is 17.7. The summed E-state index contributed by atoms with van der Waals surface area (Å²) in [5, 5.41) is 0. The van der Waals surface area contributed by atoms with Crippen LogP contribution in [0.3, 0.4) is 0 Å². The summed E-state index contributed by atoms with van der Waals surface area (Å²) in [6, 6.07) is 95.1. The van der Waals surface area contributed by atoms with Gasteiger partial charge in [-0.05, 0) is 104 Å². The van der Waals surface area contributed by atoms with Gasteiger partial charge in [-0.2, -0.15) is 0 Å². The molecule has 2 heterocycles. The third kappa shape index (κ3) is 9.38. The minimum absolute atomic E-state index is 0.622. The molecule has 0 bridgehead atoms. The van der Waals surface area contributed by atoms with Gasteiger partial charge in [0.05, 0.1) is 11.4 Å². The molecule has 0 radical (unpaired) electrons. The van der Waals surface area contributed by atoms with E-state index < -0.39 is 0 Å². The van der Waals surface area contributed by atoms with Gasteiger partial charge >= 0.3 is 0 Å². The Labute approximate surface area is 419 Å². The van der Waals surface area contributed by atoms with E-state index in [2.05, 4.69) is 200 Å². The predicted octanol–water partition coefficient (Wildman–Crippen LogP) is 17.0. The van der Waals surface area contributed by atoms with E-state index in [1.807, 2.05) is 72.8 Å². The Morgan fingerprint density at radius 1 is 0.139 bits per heavy atom.